The predicted molar refractivity (Wildman–Crippen MR) is 62.2 cm³/mol. The van der Waals surface area contributed by atoms with E-state index in [-0.39, 0.29) is 17.5 Å². The fourth-order valence-electron chi connectivity index (χ4n) is 1.13. The van der Waals surface area contributed by atoms with Gasteiger partial charge in [-0.15, -0.1) is 0 Å². The Hall–Kier alpha value is -1.89. The number of hydrazine groups is 1. The fraction of sp³-hybridized carbons (Fsp3) is 0.444. The summed E-state index contributed by atoms with van der Waals surface area (Å²) in [6.07, 6.45) is 0. The Morgan fingerprint density at radius 3 is 2.62 bits per heavy atom. The summed E-state index contributed by atoms with van der Waals surface area (Å²) < 4.78 is 0. The van der Waals surface area contributed by atoms with Crippen molar-refractivity contribution in [2.75, 3.05) is 17.4 Å². The van der Waals surface area contributed by atoms with Gasteiger partial charge in [-0.1, -0.05) is 0 Å². The molecular formula is C9H15N5O2. The number of nitrogens with two attached hydrogens (primary N) is 1. The van der Waals surface area contributed by atoms with Gasteiger partial charge in [0, 0.05) is 13.1 Å². The van der Waals surface area contributed by atoms with Crippen LogP contribution in [-0.2, 0) is 0 Å². The molecule has 0 atom stereocenters. The smallest absolute Gasteiger partial charge is 0.276 e. The largest absolute Gasteiger partial charge is 0.357 e. The zero-order chi connectivity index (χ0) is 12.3. The van der Waals surface area contributed by atoms with Crippen molar-refractivity contribution >= 4 is 17.3 Å². The molecule has 0 amide bonds. The van der Waals surface area contributed by atoms with E-state index in [1.165, 1.54) is 12.1 Å². The molecular weight excluding hydrogens is 210 g/mol. The molecule has 0 saturated carbocycles. The zero-order valence-corrected chi connectivity index (χ0v) is 9.47. The lowest BCUT2D eigenvalue weighted by molar-refractivity contribution is -0.384. The number of aromatic nitrogens is 1. The summed E-state index contributed by atoms with van der Waals surface area (Å²) >= 11 is 0. The molecule has 0 aromatic carbocycles. The molecule has 0 fully saturated rings. The van der Waals surface area contributed by atoms with E-state index in [2.05, 4.69) is 10.4 Å². The molecule has 1 heterocycles. The second kappa shape index (κ2) is 4.75. The Kier molecular flexibility index (Phi) is 3.62. The van der Waals surface area contributed by atoms with Crippen LogP contribution < -0.4 is 16.2 Å². The summed E-state index contributed by atoms with van der Waals surface area (Å²) in [7, 11) is 1.82. The Labute approximate surface area is 93.4 Å². The van der Waals surface area contributed by atoms with Gasteiger partial charge in [-0.25, -0.2) is 10.8 Å². The van der Waals surface area contributed by atoms with Crippen LogP contribution in [0.3, 0.4) is 0 Å². The van der Waals surface area contributed by atoms with Crippen LogP contribution in [0.5, 0.6) is 0 Å². The van der Waals surface area contributed by atoms with Gasteiger partial charge in [0.15, 0.2) is 0 Å². The molecule has 0 aliphatic heterocycles. The van der Waals surface area contributed by atoms with Gasteiger partial charge >= 0.3 is 0 Å². The lowest BCUT2D eigenvalue weighted by Gasteiger charge is -2.22. The first kappa shape index (κ1) is 12.2. The van der Waals surface area contributed by atoms with E-state index in [1.807, 2.05) is 25.8 Å². The highest BCUT2D eigenvalue weighted by molar-refractivity contribution is 5.55. The Balaban J connectivity index is 3.18. The van der Waals surface area contributed by atoms with Crippen LogP contribution in [-0.4, -0.2) is 23.0 Å². The lowest BCUT2D eigenvalue weighted by Crippen LogP contribution is -2.27. The number of nitrogens with one attached hydrogen (secondary N) is 1. The number of rotatable bonds is 4. The van der Waals surface area contributed by atoms with Gasteiger partial charge in [-0.05, 0) is 13.8 Å². The van der Waals surface area contributed by atoms with Crippen LogP contribution in [0.15, 0.2) is 12.1 Å². The molecule has 1 aromatic heterocycles. The van der Waals surface area contributed by atoms with Crippen LogP contribution in [0.25, 0.3) is 0 Å². The molecule has 7 nitrogen and oxygen atoms in total. The highest BCUT2D eigenvalue weighted by atomic mass is 16.6. The minimum absolute atomic E-state index is 0.0366. The van der Waals surface area contributed by atoms with E-state index in [1.54, 1.807) is 0 Å². The van der Waals surface area contributed by atoms with Gasteiger partial charge in [0.05, 0.1) is 17.1 Å². The van der Waals surface area contributed by atoms with Gasteiger partial charge < -0.3 is 10.3 Å². The Bertz CT molecular complexity index is 393. The number of hydrogen-bond donors (Lipinski definition) is 2. The standard InChI is InChI=1S/C9H15N5O2/c1-6(2)13(3)9-5-7(14(15)16)4-8(11-9)12-10/h4-6H,10H2,1-3H3,(H,11,12). The van der Waals surface area contributed by atoms with Crippen molar-refractivity contribution < 1.29 is 4.92 Å². The average Bonchev–Trinajstić information content (AvgIpc) is 2.27. The molecule has 0 aliphatic carbocycles. The van der Waals surface area contributed by atoms with Crippen molar-refractivity contribution in [1.82, 2.24) is 4.98 Å². The Morgan fingerprint density at radius 1 is 1.56 bits per heavy atom. The summed E-state index contributed by atoms with van der Waals surface area (Å²) in [5.74, 6) is 6.00. The molecule has 0 aliphatic rings. The SMILES string of the molecule is CC(C)N(C)c1cc([N+](=O)[O-])cc(NN)n1. The number of nitrogens with zero attached hydrogens (tertiary/aromatic N) is 3. The quantitative estimate of drug-likeness (QED) is 0.452. The van der Waals surface area contributed by atoms with E-state index in [4.69, 9.17) is 5.84 Å². The molecule has 16 heavy (non-hydrogen) atoms. The maximum atomic E-state index is 10.7. The average molecular weight is 225 g/mol. The van der Waals surface area contributed by atoms with Crippen molar-refractivity contribution in [1.29, 1.82) is 0 Å². The van der Waals surface area contributed by atoms with Gasteiger partial charge in [0.1, 0.15) is 11.6 Å². The van der Waals surface area contributed by atoms with E-state index >= 15 is 0 Å². The van der Waals surface area contributed by atoms with E-state index in [0.29, 0.717) is 5.82 Å². The molecule has 1 rings (SSSR count). The molecule has 0 saturated heterocycles. The number of pyridine rings is 1. The first-order valence-electron chi connectivity index (χ1n) is 4.81. The van der Waals surface area contributed by atoms with Gasteiger partial charge in [-0.3, -0.25) is 10.1 Å². The summed E-state index contributed by atoms with van der Waals surface area (Å²) in [5.41, 5.74) is 2.28. The molecule has 0 bridgehead atoms. The summed E-state index contributed by atoms with van der Waals surface area (Å²) in [6, 6.07) is 2.90. The van der Waals surface area contributed by atoms with E-state index in [9.17, 15) is 10.1 Å². The third kappa shape index (κ3) is 2.57. The molecule has 0 unspecified atom stereocenters. The molecule has 3 N–H and O–H groups in total. The first-order valence-corrected chi connectivity index (χ1v) is 4.81. The second-order valence-corrected chi connectivity index (χ2v) is 3.67. The first-order chi connectivity index (χ1) is 7.45. The zero-order valence-electron chi connectivity index (χ0n) is 9.47. The normalized spacial score (nSPS) is 10.3. The minimum atomic E-state index is -0.472. The molecule has 0 spiro atoms. The summed E-state index contributed by atoms with van der Waals surface area (Å²) in [6.45, 7) is 3.94. The number of nitrogen functional groups attached to an aromatic ring is 1. The van der Waals surface area contributed by atoms with E-state index < -0.39 is 4.92 Å². The monoisotopic (exact) mass is 225 g/mol. The molecule has 0 radical (unpaired) electrons. The maximum Gasteiger partial charge on any atom is 0.276 e. The van der Waals surface area contributed by atoms with Crippen LogP contribution in [0.2, 0.25) is 0 Å². The topological polar surface area (TPSA) is 97.3 Å². The van der Waals surface area contributed by atoms with Gasteiger partial charge in [0.25, 0.3) is 5.69 Å². The molecule has 1 aromatic rings. The second-order valence-electron chi connectivity index (χ2n) is 3.67. The van der Waals surface area contributed by atoms with Crippen molar-refractivity contribution in [3.8, 4) is 0 Å². The van der Waals surface area contributed by atoms with Gasteiger partial charge in [0.2, 0.25) is 0 Å². The molecule has 88 valence electrons. The van der Waals surface area contributed by atoms with Crippen LogP contribution in [0.1, 0.15) is 13.8 Å². The van der Waals surface area contributed by atoms with Crippen LogP contribution >= 0.6 is 0 Å². The highest BCUT2D eigenvalue weighted by Crippen LogP contribution is 2.23. The predicted octanol–water partition coefficient (Wildman–Crippen LogP) is 1.12. The fourth-order valence-corrected chi connectivity index (χ4v) is 1.13. The molecule has 7 heteroatoms. The number of anilines is 2. The highest BCUT2D eigenvalue weighted by Gasteiger charge is 2.14. The maximum absolute atomic E-state index is 10.7. The van der Waals surface area contributed by atoms with Crippen molar-refractivity contribution in [3.63, 3.8) is 0 Å². The van der Waals surface area contributed by atoms with Crippen molar-refractivity contribution in [3.05, 3.63) is 22.2 Å². The minimum Gasteiger partial charge on any atom is -0.357 e. The summed E-state index contributed by atoms with van der Waals surface area (Å²) in [5, 5.41) is 10.7. The van der Waals surface area contributed by atoms with Crippen LogP contribution in [0.4, 0.5) is 17.3 Å². The number of hydrogen-bond acceptors (Lipinski definition) is 6. The summed E-state index contributed by atoms with van der Waals surface area (Å²) in [4.78, 5) is 16.2. The lowest BCUT2D eigenvalue weighted by atomic mass is 10.3. The number of nitro groups is 1. The third-order valence-electron chi connectivity index (χ3n) is 2.29. The van der Waals surface area contributed by atoms with Crippen LogP contribution in [0, 0.1) is 10.1 Å². The van der Waals surface area contributed by atoms with Crippen molar-refractivity contribution in [2.45, 2.75) is 19.9 Å². The Morgan fingerprint density at radius 2 is 2.19 bits per heavy atom. The van der Waals surface area contributed by atoms with Crippen molar-refractivity contribution in [2.24, 2.45) is 5.84 Å². The van der Waals surface area contributed by atoms with E-state index in [0.717, 1.165) is 0 Å². The third-order valence-corrected chi connectivity index (χ3v) is 2.29. The van der Waals surface area contributed by atoms with Gasteiger partial charge in [-0.2, -0.15) is 0 Å².